The molecule has 37 heavy (non-hydrogen) atoms. The molecular weight excluding hydrogens is 551 g/mol. The maximum atomic E-state index is 13.1. The Hall–Kier alpha value is -2.55. The Morgan fingerprint density at radius 1 is 1.24 bits per heavy atom. The second-order valence-electron chi connectivity index (χ2n) is 8.02. The van der Waals surface area contributed by atoms with Crippen LogP contribution >= 0.6 is 21.3 Å². The van der Waals surface area contributed by atoms with E-state index in [0.29, 0.717) is 29.9 Å². The van der Waals surface area contributed by atoms with Crippen LogP contribution in [0.2, 0.25) is 0 Å². The predicted molar refractivity (Wildman–Crippen MR) is 138 cm³/mol. The SMILES string of the molecule is Cc1cc(SCCNCCCS(=O)(=O)[s+]2cccc2-c2cc(C(F)(F)F)n(C)n2)ccc1OCC(=O)O. The third kappa shape index (κ3) is 7.97. The number of rotatable bonds is 13. The fourth-order valence-electron chi connectivity index (χ4n) is 3.44. The Morgan fingerprint density at radius 3 is 2.65 bits per heavy atom. The van der Waals surface area contributed by atoms with E-state index in [1.54, 1.807) is 23.9 Å². The van der Waals surface area contributed by atoms with Crippen LogP contribution in [0.15, 0.2) is 46.7 Å². The minimum Gasteiger partial charge on any atom is -0.482 e. The van der Waals surface area contributed by atoms with E-state index in [1.807, 2.05) is 19.1 Å². The molecule has 1 aromatic carbocycles. The molecular formula is C23H27F3N3O5S3+. The van der Waals surface area contributed by atoms with Crippen molar-refractivity contribution in [3.63, 3.8) is 0 Å². The number of hydrogen-bond donors (Lipinski definition) is 2. The zero-order valence-corrected chi connectivity index (χ0v) is 22.6. The number of carboxylic acids is 1. The number of nitrogens with one attached hydrogen (secondary N) is 1. The molecule has 0 saturated heterocycles. The Labute approximate surface area is 219 Å². The molecule has 14 heteroatoms. The number of nitrogens with zero attached hydrogens (tertiary/aromatic N) is 2. The molecule has 0 amide bonds. The maximum Gasteiger partial charge on any atom is 0.433 e. The lowest BCUT2D eigenvalue weighted by molar-refractivity contribution is -0.143. The van der Waals surface area contributed by atoms with Crippen molar-refractivity contribution in [2.75, 3.05) is 31.2 Å². The van der Waals surface area contributed by atoms with Crippen LogP contribution in [0.4, 0.5) is 13.2 Å². The number of carbonyl (C=O) groups is 1. The van der Waals surface area contributed by atoms with Gasteiger partial charge in [-0.05, 0) is 49.7 Å². The quantitative estimate of drug-likeness (QED) is 0.131. The summed E-state index contributed by atoms with van der Waals surface area (Å²) < 4.78 is 71.1. The van der Waals surface area contributed by atoms with E-state index in [4.69, 9.17) is 9.84 Å². The van der Waals surface area contributed by atoms with Crippen LogP contribution in [0, 0.1) is 6.92 Å². The summed E-state index contributed by atoms with van der Waals surface area (Å²) in [6, 6.07) is 9.42. The summed E-state index contributed by atoms with van der Waals surface area (Å²) in [6.45, 7) is 2.56. The average Bonchev–Trinajstić information content (AvgIpc) is 3.44. The van der Waals surface area contributed by atoms with Crippen molar-refractivity contribution < 1.29 is 36.2 Å². The standard InChI is InChI=1S/C23H26F3N3O5S3/c1-16-13-17(6-7-19(16)34-15-22(30)31)35-10-9-27-8-4-12-37(32,33)36-11-3-5-20(36)18-14-21(23(24,25)26)29(2)28-18/h3,5-7,11,13-14,27H,4,8-10,12,15H2,1-2H3/p+1. The van der Waals surface area contributed by atoms with Gasteiger partial charge in [-0.3, -0.25) is 4.68 Å². The Bertz CT molecular complexity index is 1340. The van der Waals surface area contributed by atoms with E-state index in [0.717, 1.165) is 22.3 Å². The summed E-state index contributed by atoms with van der Waals surface area (Å²) in [5, 5.41) is 17.3. The normalized spacial score (nSPS) is 12.6. The number of thioether (sulfide) groups is 1. The zero-order valence-electron chi connectivity index (χ0n) is 20.1. The van der Waals surface area contributed by atoms with Gasteiger partial charge < -0.3 is 15.2 Å². The zero-order chi connectivity index (χ0) is 27.2. The van der Waals surface area contributed by atoms with Crippen molar-refractivity contribution in [2.24, 2.45) is 7.05 Å². The fraction of sp³-hybridized carbons (Fsp3) is 0.391. The Balaban J connectivity index is 1.45. The van der Waals surface area contributed by atoms with Gasteiger partial charge in [0.05, 0.1) is 0 Å². The number of aryl methyl sites for hydroxylation is 2. The topological polar surface area (TPSA) is 111 Å². The van der Waals surface area contributed by atoms with Gasteiger partial charge in [-0.1, -0.05) is 0 Å². The summed E-state index contributed by atoms with van der Waals surface area (Å²) >= 11 is 1.60. The molecule has 0 spiro atoms. The monoisotopic (exact) mass is 578 g/mol. The van der Waals surface area contributed by atoms with E-state index in [1.165, 1.54) is 18.5 Å². The van der Waals surface area contributed by atoms with Crippen molar-refractivity contribution in [3.8, 4) is 16.3 Å². The van der Waals surface area contributed by atoms with Gasteiger partial charge in [0.15, 0.2) is 12.0 Å². The molecule has 2 N–H and O–H groups in total. The van der Waals surface area contributed by atoms with Crippen molar-refractivity contribution in [1.29, 1.82) is 0 Å². The van der Waals surface area contributed by atoms with E-state index in [9.17, 15) is 26.4 Å². The maximum absolute atomic E-state index is 13.1. The van der Waals surface area contributed by atoms with E-state index < -0.39 is 42.8 Å². The number of alkyl halides is 3. The molecule has 1 atom stereocenters. The molecule has 0 aliphatic carbocycles. The first-order chi connectivity index (χ1) is 17.4. The van der Waals surface area contributed by atoms with Gasteiger partial charge in [0, 0.05) is 36.4 Å². The van der Waals surface area contributed by atoms with Gasteiger partial charge in [-0.15, -0.1) is 11.8 Å². The first kappa shape index (κ1) is 29.0. The molecule has 3 aromatic rings. The minimum atomic E-state index is -4.58. The molecule has 0 aliphatic heterocycles. The number of thiophene rings is 1. The molecule has 0 aliphatic rings. The molecule has 0 fully saturated rings. The van der Waals surface area contributed by atoms with Crippen molar-refractivity contribution in [2.45, 2.75) is 24.4 Å². The summed E-state index contributed by atoms with van der Waals surface area (Å²) in [5.41, 5.74) is -0.0884. The molecule has 0 saturated carbocycles. The first-order valence-electron chi connectivity index (χ1n) is 11.1. The fourth-order valence-corrected chi connectivity index (χ4v) is 9.19. The van der Waals surface area contributed by atoms with E-state index in [2.05, 4.69) is 10.4 Å². The lowest BCUT2D eigenvalue weighted by Crippen LogP contribution is -2.20. The number of aliphatic carboxylic acids is 1. The first-order valence-corrected chi connectivity index (χ1v) is 15.6. The van der Waals surface area contributed by atoms with Crippen LogP contribution in [-0.4, -0.2) is 60.5 Å². The van der Waals surface area contributed by atoms with Gasteiger partial charge in [0.1, 0.15) is 32.4 Å². The minimum absolute atomic E-state index is 0.0126. The third-order valence-electron chi connectivity index (χ3n) is 5.16. The van der Waals surface area contributed by atoms with Crippen molar-refractivity contribution >= 4 is 36.1 Å². The highest BCUT2D eigenvalue weighted by atomic mass is 33.2. The predicted octanol–water partition coefficient (Wildman–Crippen LogP) is 4.58. The summed E-state index contributed by atoms with van der Waals surface area (Å²) in [7, 11) is -3.78. The van der Waals surface area contributed by atoms with Gasteiger partial charge in [0.25, 0.3) is 0 Å². The number of ether oxygens (including phenoxy) is 1. The molecule has 2 aromatic heterocycles. The molecule has 3 rings (SSSR count). The van der Waals surface area contributed by atoms with Gasteiger partial charge in [-0.2, -0.15) is 26.7 Å². The number of halogens is 3. The molecule has 0 radical (unpaired) electrons. The number of carboxylic acid groups (broad SMARTS) is 1. The highest BCUT2D eigenvalue weighted by Crippen LogP contribution is 2.41. The number of benzene rings is 1. The molecule has 202 valence electrons. The van der Waals surface area contributed by atoms with Crippen molar-refractivity contribution in [3.05, 3.63) is 53.0 Å². The van der Waals surface area contributed by atoms with E-state index >= 15 is 0 Å². The number of aromatic nitrogens is 2. The van der Waals surface area contributed by atoms with Gasteiger partial charge in [-0.25, -0.2) is 4.79 Å². The lowest BCUT2D eigenvalue weighted by atomic mass is 10.2. The van der Waals surface area contributed by atoms with Crippen LogP contribution in [0.5, 0.6) is 5.75 Å². The molecule has 8 nitrogen and oxygen atoms in total. The smallest absolute Gasteiger partial charge is 0.433 e. The van der Waals surface area contributed by atoms with Gasteiger partial charge >= 0.3 is 21.0 Å². The van der Waals surface area contributed by atoms with Crippen LogP contribution in [0.25, 0.3) is 10.6 Å². The largest absolute Gasteiger partial charge is 0.482 e. The van der Waals surface area contributed by atoms with Crippen LogP contribution < -0.4 is 10.1 Å². The highest BCUT2D eigenvalue weighted by molar-refractivity contribution is 8.39. The summed E-state index contributed by atoms with van der Waals surface area (Å²) in [5.74, 6) is 0.115. The molecule has 1 unspecified atom stereocenters. The third-order valence-corrected chi connectivity index (χ3v) is 11.7. The van der Waals surface area contributed by atoms with Crippen LogP contribution in [-0.2, 0) is 26.9 Å². The van der Waals surface area contributed by atoms with Gasteiger partial charge in [0.2, 0.25) is 4.88 Å². The van der Waals surface area contributed by atoms with E-state index in [-0.39, 0.29) is 16.3 Å². The average molecular weight is 579 g/mol. The summed E-state index contributed by atoms with van der Waals surface area (Å²) in [4.78, 5) is 11.9. The second kappa shape index (κ2) is 12.3. The Kier molecular flexibility index (Phi) is 9.67. The van der Waals surface area contributed by atoms with Crippen LogP contribution in [0.1, 0.15) is 17.7 Å². The van der Waals surface area contributed by atoms with Crippen LogP contribution in [0.3, 0.4) is 0 Å². The molecule has 2 heterocycles. The van der Waals surface area contributed by atoms with Crippen molar-refractivity contribution in [1.82, 2.24) is 15.1 Å². The second-order valence-corrected chi connectivity index (χ2v) is 14.6. The lowest BCUT2D eigenvalue weighted by Gasteiger charge is -2.09. The molecule has 0 bridgehead atoms. The highest BCUT2D eigenvalue weighted by Gasteiger charge is 2.37. The Morgan fingerprint density at radius 2 is 2.00 bits per heavy atom. The summed E-state index contributed by atoms with van der Waals surface area (Å²) in [6.07, 6.45) is -4.21. The number of hydrogen-bond acceptors (Lipinski definition) is 7.